The van der Waals surface area contributed by atoms with Crippen molar-refractivity contribution in [3.8, 4) is 0 Å². The van der Waals surface area contributed by atoms with Crippen molar-refractivity contribution in [1.82, 2.24) is 0 Å². The Bertz CT molecular complexity index is 341. The number of alkyl halides is 1. The minimum Gasteiger partial charge on any atom is -0.395 e. The van der Waals surface area contributed by atoms with Gasteiger partial charge in [-0.05, 0) is 24.8 Å². The van der Waals surface area contributed by atoms with E-state index >= 15 is 0 Å². The van der Waals surface area contributed by atoms with Crippen molar-refractivity contribution in [3.05, 3.63) is 35.9 Å². The number of oxime groups is 1. The molecule has 18 heavy (non-hydrogen) atoms. The van der Waals surface area contributed by atoms with Crippen molar-refractivity contribution in [3.63, 3.8) is 0 Å². The molecular weight excluding hydrogens is 294 g/mol. The summed E-state index contributed by atoms with van der Waals surface area (Å²) in [6, 6.07) is 10.2. The van der Waals surface area contributed by atoms with Crippen molar-refractivity contribution in [1.29, 1.82) is 0 Å². The minimum absolute atomic E-state index is 0.592. The van der Waals surface area contributed by atoms with Crippen LogP contribution in [0, 0.1) is 0 Å². The van der Waals surface area contributed by atoms with Crippen LogP contribution in [0.5, 0.6) is 0 Å². The molecule has 0 aromatic heterocycles. The molecule has 0 saturated heterocycles. The lowest BCUT2D eigenvalue weighted by Crippen LogP contribution is -2.04. The van der Waals surface area contributed by atoms with Gasteiger partial charge < -0.3 is 9.57 Å². The number of hydrogen-bond acceptors (Lipinski definition) is 3. The normalized spacial score (nSPS) is 11.6. The molecule has 3 nitrogen and oxygen atoms in total. The van der Waals surface area contributed by atoms with Gasteiger partial charge in [0.2, 0.25) is 0 Å². The maximum Gasteiger partial charge on any atom is 0.126 e. The molecule has 0 aliphatic heterocycles. The van der Waals surface area contributed by atoms with Crippen LogP contribution in [-0.2, 0) is 9.57 Å². The highest BCUT2D eigenvalue weighted by Gasteiger charge is 2.04. The topological polar surface area (TPSA) is 30.8 Å². The second-order valence-corrected chi connectivity index (χ2v) is 4.67. The molecule has 0 saturated carbocycles. The molecule has 0 heterocycles. The van der Waals surface area contributed by atoms with E-state index in [2.05, 4.69) is 33.2 Å². The first-order valence-corrected chi connectivity index (χ1v) is 7.29. The summed E-state index contributed by atoms with van der Waals surface area (Å²) in [5, 5.41) is 5.02. The molecule has 0 radical (unpaired) electrons. The summed E-state index contributed by atoms with van der Waals surface area (Å²) < 4.78 is 5.05. The molecule has 0 aliphatic carbocycles. The molecule has 1 aromatic rings. The van der Waals surface area contributed by atoms with Gasteiger partial charge in [-0.15, -0.1) is 0 Å². The lowest BCUT2D eigenvalue weighted by Gasteiger charge is -2.06. The van der Waals surface area contributed by atoms with Crippen molar-refractivity contribution < 1.29 is 9.57 Å². The quantitative estimate of drug-likeness (QED) is 0.302. The second-order valence-electron chi connectivity index (χ2n) is 3.88. The van der Waals surface area contributed by atoms with E-state index in [1.165, 1.54) is 0 Å². The molecule has 0 N–H and O–H groups in total. The molecule has 0 unspecified atom stereocenters. The van der Waals surface area contributed by atoms with Crippen LogP contribution >= 0.6 is 15.9 Å². The summed E-state index contributed by atoms with van der Waals surface area (Å²) >= 11 is 3.32. The fraction of sp³-hybridized carbons (Fsp3) is 0.500. The number of ether oxygens (including phenoxy) is 1. The number of rotatable bonds is 9. The van der Waals surface area contributed by atoms with Gasteiger partial charge in [-0.3, -0.25) is 0 Å². The molecule has 0 spiro atoms. The Morgan fingerprint density at radius 1 is 1.17 bits per heavy atom. The standard InChI is InChI=1S/C14H20BrNO2/c1-17-11-6-5-9-14(16-18-12-10-15)13-7-3-2-4-8-13/h2-4,7-8H,5-6,9-12H2,1H3. The minimum atomic E-state index is 0.592. The molecule has 0 amide bonds. The molecule has 1 rings (SSSR count). The zero-order chi connectivity index (χ0) is 13.1. The Kier molecular flexibility index (Phi) is 8.51. The van der Waals surface area contributed by atoms with E-state index in [9.17, 15) is 0 Å². The summed E-state index contributed by atoms with van der Waals surface area (Å²) in [6.45, 7) is 1.39. The van der Waals surface area contributed by atoms with Gasteiger partial charge in [0.1, 0.15) is 6.61 Å². The van der Waals surface area contributed by atoms with E-state index in [-0.39, 0.29) is 0 Å². The Morgan fingerprint density at radius 2 is 1.94 bits per heavy atom. The molecule has 0 aliphatic rings. The second kappa shape index (κ2) is 10.1. The van der Waals surface area contributed by atoms with Gasteiger partial charge >= 0.3 is 0 Å². The Balaban J connectivity index is 2.55. The van der Waals surface area contributed by atoms with E-state index in [1.807, 2.05) is 18.2 Å². The third-order valence-corrected chi connectivity index (χ3v) is 2.79. The van der Waals surface area contributed by atoms with E-state index in [0.717, 1.165) is 42.5 Å². The monoisotopic (exact) mass is 313 g/mol. The van der Waals surface area contributed by atoms with Crippen molar-refractivity contribution >= 4 is 21.6 Å². The first-order valence-electron chi connectivity index (χ1n) is 6.17. The summed E-state index contributed by atoms with van der Waals surface area (Å²) in [7, 11) is 1.73. The fourth-order valence-electron chi connectivity index (χ4n) is 1.57. The van der Waals surface area contributed by atoms with Gasteiger partial charge in [0.25, 0.3) is 0 Å². The summed E-state index contributed by atoms with van der Waals surface area (Å²) in [6.07, 6.45) is 3.01. The predicted molar refractivity (Wildman–Crippen MR) is 78.5 cm³/mol. The highest BCUT2D eigenvalue weighted by Crippen LogP contribution is 2.09. The van der Waals surface area contributed by atoms with Crippen LogP contribution in [0.25, 0.3) is 0 Å². The number of benzene rings is 1. The van der Waals surface area contributed by atoms with Crippen LogP contribution in [-0.4, -0.2) is 31.4 Å². The molecule has 1 aromatic carbocycles. The number of halogens is 1. The fourth-order valence-corrected chi connectivity index (χ4v) is 1.71. The van der Waals surface area contributed by atoms with Crippen LogP contribution in [0.1, 0.15) is 24.8 Å². The van der Waals surface area contributed by atoms with E-state index in [1.54, 1.807) is 7.11 Å². The smallest absolute Gasteiger partial charge is 0.126 e. The van der Waals surface area contributed by atoms with Gasteiger partial charge in [0, 0.05) is 19.0 Å². The maximum absolute atomic E-state index is 5.27. The highest BCUT2D eigenvalue weighted by molar-refractivity contribution is 9.09. The molecule has 100 valence electrons. The van der Waals surface area contributed by atoms with E-state index in [0.29, 0.717) is 6.61 Å². The van der Waals surface area contributed by atoms with Crippen LogP contribution in [0.3, 0.4) is 0 Å². The van der Waals surface area contributed by atoms with Gasteiger partial charge in [-0.1, -0.05) is 51.4 Å². The third-order valence-electron chi connectivity index (χ3n) is 2.46. The Labute approximate surface area is 117 Å². The first kappa shape index (κ1) is 15.2. The van der Waals surface area contributed by atoms with Gasteiger partial charge in [0.15, 0.2) is 0 Å². The number of hydrogen-bond donors (Lipinski definition) is 0. The molecule has 0 atom stereocenters. The van der Waals surface area contributed by atoms with Crippen molar-refractivity contribution in [2.75, 3.05) is 25.7 Å². The van der Waals surface area contributed by atoms with E-state index < -0.39 is 0 Å². The molecular formula is C14H20BrNO2. The maximum atomic E-state index is 5.27. The SMILES string of the molecule is COCCCCC(=NOCCBr)c1ccccc1. The average molecular weight is 314 g/mol. The summed E-state index contributed by atoms with van der Waals surface area (Å²) in [5.41, 5.74) is 2.14. The number of unbranched alkanes of at least 4 members (excludes halogenated alkanes) is 1. The predicted octanol–water partition coefficient (Wildman–Crippen LogP) is 3.62. The Morgan fingerprint density at radius 3 is 2.61 bits per heavy atom. The summed E-state index contributed by atoms with van der Waals surface area (Å²) in [4.78, 5) is 5.27. The van der Waals surface area contributed by atoms with Gasteiger partial charge in [-0.2, -0.15) is 0 Å². The zero-order valence-electron chi connectivity index (χ0n) is 10.8. The summed E-state index contributed by atoms with van der Waals surface area (Å²) in [5.74, 6) is 0. The highest BCUT2D eigenvalue weighted by atomic mass is 79.9. The lowest BCUT2D eigenvalue weighted by molar-refractivity contribution is 0.161. The lowest BCUT2D eigenvalue weighted by atomic mass is 10.1. The molecule has 4 heteroatoms. The van der Waals surface area contributed by atoms with Crippen molar-refractivity contribution in [2.45, 2.75) is 19.3 Å². The largest absolute Gasteiger partial charge is 0.395 e. The van der Waals surface area contributed by atoms with Crippen LogP contribution in [0.4, 0.5) is 0 Å². The number of methoxy groups -OCH3 is 1. The molecule has 0 bridgehead atoms. The third kappa shape index (κ3) is 6.17. The van der Waals surface area contributed by atoms with Crippen LogP contribution in [0.2, 0.25) is 0 Å². The number of nitrogens with zero attached hydrogens (tertiary/aromatic N) is 1. The van der Waals surface area contributed by atoms with Gasteiger partial charge in [0.05, 0.1) is 5.71 Å². The average Bonchev–Trinajstić information content (AvgIpc) is 2.42. The van der Waals surface area contributed by atoms with Crippen LogP contribution in [0.15, 0.2) is 35.5 Å². The van der Waals surface area contributed by atoms with Crippen LogP contribution < -0.4 is 0 Å². The van der Waals surface area contributed by atoms with Crippen molar-refractivity contribution in [2.24, 2.45) is 5.16 Å². The van der Waals surface area contributed by atoms with Gasteiger partial charge in [-0.25, -0.2) is 0 Å². The van der Waals surface area contributed by atoms with E-state index in [4.69, 9.17) is 9.57 Å². The molecule has 0 fully saturated rings. The first-order chi connectivity index (χ1) is 8.88. The Hall–Kier alpha value is -0.870. The zero-order valence-corrected chi connectivity index (χ0v) is 12.4.